The highest BCUT2D eigenvalue weighted by atomic mass is 79.9. The first-order chi connectivity index (χ1) is 9.34. The van der Waals surface area contributed by atoms with Crippen LogP contribution in [-0.4, -0.2) is 22.3 Å². The minimum atomic E-state index is -0.516. The molecule has 0 spiro atoms. The predicted molar refractivity (Wildman–Crippen MR) is 81.9 cm³/mol. The maximum Gasteiger partial charge on any atom is 0.407 e. The van der Waals surface area contributed by atoms with Gasteiger partial charge in [-0.3, -0.25) is 10.1 Å². The summed E-state index contributed by atoms with van der Waals surface area (Å²) in [5.41, 5.74) is 0.703. The number of halogens is 1. The number of ether oxygens (including phenoxy) is 1. The van der Waals surface area contributed by atoms with Gasteiger partial charge in [0.2, 0.25) is 0 Å². The fraction of sp³-hybridized carbons (Fsp3) is 0.417. The number of hydrogen-bond donors (Lipinski definition) is 1. The van der Waals surface area contributed by atoms with Crippen molar-refractivity contribution in [2.24, 2.45) is 0 Å². The second-order valence-corrected chi connectivity index (χ2v) is 6.92. The van der Waals surface area contributed by atoms with Gasteiger partial charge in [-0.25, -0.2) is 4.79 Å². The van der Waals surface area contributed by atoms with E-state index in [9.17, 15) is 14.9 Å². The van der Waals surface area contributed by atoms with Crippen molar-refractivity contribution in [2.75, 3.05) is 6.54 Å². The zero-order valence-electron chi connectivity index (χ0n) is 11.1. The van der Waals surface area contributed by atoms with E-state index in [4.69, 9.17) is 4.74 Å². The van der Waals surface area contributed by atoms with Crippen molar-refractivity contribution in [3.05, 3.63) is 39.9 Å². The number of non-ortho nitro benzene ring substituents is 1. The summed E-state index contributed by atoms with van der Waals surface area (Å²) in [6.45, 7) is 4.49. The van der Waals surface area contributed by atoms with Gasteiger partial charge in [-0.15, -0.1) is 0 Å². The average molecular weight is 363 g/mol. The van der Waals surface area contributed by atoms with Crippen molar-refractivity contribution in [3.8, 4) is 0 Å². The molecule has 20 heavy (non-hydrogen) atoms. The molecule has 0 aliphatic rings. The smallest absolute Gasteiger partial charge is 0.407 e. The Kier molecular flexibility index (Phi) is 6.28. The van der Waals surface area contributed by atoms with E-state index in [1.54, 1.807) is 12.1 Å². The van der Waals surface area contributed by atoms with Crippen LogP contribution in [0.2, 0.25) is 0 Å². The Labute approximate surface area is 128 Å². The van der Waals surface area contributed by atoms with E-state index >= 15 is 0 Å². The zero-order chi connectivity index (χ0) is 15.2. The van der Waals surface area contributed by atoms with Gasteiger partial charge in [0.25, 0.3) is 5.69 Å². The van der Waals surface area contributed by atoms with E-state index in [-0.39, 0.29) is 17.0 Å². The lowest BCUT2D eigenvalue weighted by atomic mass is 10.2. The van der Waals surface area contributed by atoms with Gasteiger partial charge in [-0.05, 0) is 46.4 Å². The molecule has 1 aromatic rings. The van der Waals surface area contributed by atoms with Gasteiger partial charge in [0, 0.05) is 23.4 Å². The molecule has 0 aromatic heterocycles. The second kappa shape index (κ2) is 7.49. The van der Waals surface area contributed by atoms with Crippen LogP contribution in [0.4, 0.5) is 10.5 Å². The fourth-order valence-electron chi connectivity index (χ4n) is 1.23. The Bertz CT molecular complexity index is 479. The monoisotopic (exact) mass is 362 g/mol. The Hall–Kier alpha value is -1.28. The number of rotatable bonds is 6. The summed E-state index contributed by atoms with van der Waals surface area (Å²) in [4.78, 5) is 21.5. The molecule has 1 amide bonds. The van der Waals surface area contributed by atoms with Crippen molar-refractivity contribution < 1.29 is 14.5 Å². The number of nitrogens with one attached hydrogen (secondary N) is 1. The molecule has 0 unspecified atom stereocenters. The van der Waals surface area contributed by atoms with Crippen molar-refractivity contribution in [3.63, 3.8) is 0 Å². The van der Waals surface area contributed by atoms with Crippen molar-refractivity contribution in [1.82, 2.24) is 5.32 Å². The Balaban J connectivity index is 2.39. The quantitative estimate of drug-likeness (QED) is 0.616. The maximum atomic E-state index is 11.5. The topological polar surface area (TPSA) is 81.5 Å². The number of nitro benzene ring substituents is 1. The first-order valence-corrected chi connectivity index (χ1v) is 8.44. The third-order valence-corrected chi connectivity index (χ3v) is 5.58. The SMILES string of the molecule is CC(C)(CNC(=O)OCc1ccc([N+](=O)[O-])cc1)SBr. The summed E-state index contributed by atoms with van der Waals surface area (Å²) < 4.78 is 4.89. The maximum absolute atomic E-state index is 11.5. The van der Waals surface area contributed by atoms with Crippen LogP contribution < -0.4 is 5.32 Å². The number of hydrogen-bond acceptors (Lipinski definition) is 5. The highest BCUT2D eigenvalue weighted by Gasteiger charge is 2.18. The number of nitro groups is 1. The summed E-state index contributed by atoms with van der Waals surface area (Å²) in [5, 5.41) is 13.1. The van der Waals surface area contributed by atoms with E-state index in [0.717, 1.165) is 0 Å². The molecule has 0 saturated carbocycles. The van der Waals surface area contributed by atoms with Crippen LogP contribution in [0.5, 0.6) is 0 Å². The van der Waals surface area contributed by atoms with Crippen LogP contribution in [0.3, 0.4) is 0 Å². The highest BCUT2D eigenvalue weighted by Crippen LogP contribution is 2.29. The van der Waals surface area contributed by atoms with Crippen molar-refractivity contribution in [1.29, 1.82) is 0 Å². The van der Waals surface area contributed by atoms with Crippen LogP contribution in [0.25, 0.3) is 0 Å². The Morgan fingerprint density at radius 2 is 2.05 bits per heavy atom. The number of benzene rings is 1. The van der Waals surface area contributed by atoms with Gasteiger partial charge in [-0.2, -0.15) is 0 Å². The Morgan fingerprint density at radius 3 is 2.55 bits per heavy atom. The minimum absolute atomic E-state index is 0.00861. The summed E-state index contributed by atoms with van der Waals surface area (Å²) in [7, 11) is 1.47. The Morgan fingerprint density at radius 1 is 1.45 bits per heavy atom. The number of nitrogens with zero attached hydrogens (tertiary/aromatic N) is 1. The van der Waals surface area contributed by atoms with E-state index in [1.807, 2.05) is 13.8 Å². The average Bonchev–Trinajstić information content (AvgIpc) is 2.43. The first-order valence-electron chi connectivity index (χ1n) is 5.78. The summed E-state index contributed by atoms with van der Waals surface area (Å²) in [6, 6.07) is 5.87. The molecule has 0 bridgehead atoms. The third kappa shape index (κ3) is 5.79. The molecular weight excluding hydrogens is 348 g/mol. The van der Waals surface area contributed by atoms with Gasteiger partial charge in [0.15, 0.2) is 0 Å². The highest BCUT2D eigenvalue weighted by molar-refractivity contribution is 9.50. The molecule has 0 heterocycles. The van der Waals surface area contributed by atoms with Crippen LogP contribution >= 0.6 is 25.0 Å². The fourth-order valence-corrected chi connectivity index (χ4v) is 1.70. The molecule has 0 saturated heterocycles. The lowest BCUT2D eigenvalue weighted by Gasteiger charge is -2.20. The molecule has 110 valence electrons. The van der Waals surface area contributed by atoms with Gasteiger partial charge < -0.3 is 10.1 Å². The van der Waals surface area contributed by atoms with Gasteiger partial charge in [0.1, 0.15) is 6.61 Å². The van der Waals surface area contributed by atoms with E-state index in [2.05, 4.69) is 20.1 Å². The molecule has 8 heteroatoms. The van der Waals surface area contributed by atoms with E-state index in [0.29, 0.717) is 12.1 Å². The van der Waals surface area contributed by atoms with Gasteiger partial charge in [-0.1, -0.05) is 10.2 Å². The minimum Gasteiger partial charge on any atom is -0.445 e. The predicted octanol–water partition coefficient (Wildman–Crippen LogP) is 3.64. The number of alkyl carbamates (subject to hydrolysis) is 1. The lowest BCUT2D eigenvalue weighted by Crippen LogP contribution is -2.35. The van der Waals surface area contributed by atoms with Crippen LogP contribution in [0.1, 0.15) is 19.4 Å². The second-order valence-electron chi connectivity index (χ2n) is 4.69. The van der Waals surface area contributed by atoms with Crippen LogP contribution in [0.15, 0.2) is 24.3 Å². The molecule has 0 aliphatic heterocycles. The van der Waals surface area contributed by atoms with E-state index in [1.165, 1.54) is 22.3 Å². The van der Waals surface area contributed by atoms with Crippen molar-refractivity contribution >= 4 is 36.8 Å². The first kappa shape index (κ1) is 16.8. The largest absolute Gasteiger partial charge is 0.445 e. The molecule has 0 atom stereocenters. The zero-order valence-corrected chi connectivity index (χ0v) is 13.5. The molecular formula is C12H15BrN2O4S. The molecule has 0 aliphatic carbocycles. The summed E-state index contributed by atoms with van der Waals surface area (Å²) in [5.74, 6) is 0. The van der Waals surface area contributed by atoms with Gasteiger partial charge >= 0.3 is 6.09 Å². The third-order valence-electron chi connectivity index (χ3n) is 2.38. The van der Waals surface area contributed by atoms with Crippen molar-refractivity contribution in [2.45, 2.75) is 25.2 Å². The molecule has 0 fully saturated rings. The standard InChI is InChI=1S/C12H15BrN2O4S/c1-12(2,20-13)8-14-11(16)19-7-9-3-5-10(6-4-9)15(17)18/h3-6H,7-8H2,1-2H3,(H,14,16). The van der Waals surface area contributed by atoms with Gasteiger partial charge in [0.05, 0.1) is 4.92 Å². The summed E-state index contributed by atoms with van der Waals surface area (Å²) in [6.07, 6.45) is -0.516. The van der Waals surface area contributed by atoms with E-state index < -0.39 is 11.0 Å². The summed E-state index contributed by atoms with van der Waals surface area (Å²) >= 11 is 3.28. The lowest BCUT2D eigenvalue weighted by molar-refractivity contribution is -0.384. The number of carbonyl (C=O) groups is 1. The molecule has 1 N–H and O–H groups in total. The molecule has 6 nitrogen and oxygen atoms in total. The van der Waals surface area contributed by atoms with Crippen LogP contribution in [-0.2, 0) is 11.3 Å². The molecule has 1 aromatic carbocycles. The molecule has 1 rings (SSSR count). The molecule has 0 radical (unpaired) electrons. The normalized spacial score (nSPS) is 10.9. The van der Waals surface area contributed by atoms with Crippen LogP contribution in [0, 0.1) is 10.1 Å². The number of amides is 1. The number of carbonyl (C=O) groups excluding carboxylic acids is 1.